The minimum absolute atomic E-state index is 0.0102. The summed E-state index contributed by atoms with van der Waals surface area (Å²) in [6.07, 6.45) is 0. The fourth-order valence-corrected chi connectivity index (χ4v) is 4.86. The average molecular weight is 468 g/mol. The summed E-state index contributed by atoms with van der Waals surface area (Å²) in [6.45, 7) is 0. The molecule has 1 amide bonds. The van der Waals surface area contributed by atoms with Crippen LogP contribution >= 0.6 is 34.7 Å². The number of anilines is 1. The highest BCUT2D eigenvalue weighted by Gasteiger charge is 2.17. The maximum atomic E-state index is 12.9. The third-order valence-corrected chi connectivity index (χ3v) is 6.54. The first-order valence-corrected chi connectivity index (χ1v) is 11.2. The summed E-state index contributed by atoms with van der Waals surface area (Å²) in [5.41, 5.74) is 2.11. The van der Waals surface area contributed by atoms with Crippen LogP contribution in [0, 0.1) is 11.3 Å². The average Bonchev–Trinajstić information content (AvgIpc) is 3.20. The number of carbonyl (C=O) groups excluding carboxylic acids is 1. The Hall–Kier alpha value is -3.32. The Labute approximate surface area is 190 Å². The zero-order chi connectivity index (χ0) is 22.0. The number of nitrogens with zero attached hydrogens (tertiary/aromatic N) is 3. The van der Waals surface area contributed by atoms with Crippen molar-refractivity contribution < 1.29 is 4.79 Å². The molecule has 0 saturated heterocycles. The highest BCUT2D eigenvalue weighted by molar-refractivity contribution is 7.99. The van der Waals surface area contributed by atoms with E-state index >= 15 is 0 Å². The van der Waals surface area contributed by atoms with Crippen LogP contribution in [0.2, 0.25) is 5.02 Å². The molecule has 154 valence electrons. The lowest BCUT2D eigenvalue weighted by Gasteiger charge is -2.09. The molecule has 0 aliphatic rings. The second-order valence-electron chi connectivity index (χ2n) is 6.41. The molecule has 0 fully saturated rings. The summed E-state index contributed by atoms with van der Waals surface area (Å²) in [4.78, 5) is 30.2. The lowest BCUT2D eigenvalue weighted by atomic mass is 10.1. The van der Waals surface area contributed by atoms with Crippen molar-refractivity contribution in [1.82, 2.24) is 9.66 Å². The predicted molar refractivity (Wildman–Crippen MR) is 125 cm³/mol. The van der Waals surface area contributed by atoms with Crippen LogP contribution in [0.4, 0.5) is 5.69 Å². The number of thiophene rings is 1. The number of fused-ring (bicyclic) bond motifs is 1. The largest absolute Gasteiger partial charge is 0.334 e. The maximum absolute atomic E-state index is 12.9. The number of nitrogens with one attached hydrogen (secondary N) is 1. The number of benzene rings is 2. The Morgan fingerprint density at radius 3 is 2.77 bits per heavy atom. The Morgan fingerprint density at radius 2 is 2.06 bits per heavy atom. The lowest BCUT2D eigenvalue weighted by Crippen LogP contribution is -2.30. The first-order chi connectivity index (χ1) is 15.0. The number of aromatic nitrogens is 2. The van der Waals surface area contributed by atoms with E-state index in [0.29, 0.717) is 21.5 Å². The van der Waals surface area contributed by atoms with E-state index < -0.39 is 0 Å². The van der Waals surface area contributed by atoms with E-state index in [1.807, 2.05) is 41.8 Å². The molecular formula is C21H14ClN5O2S2. The van der Waals surface area contributed by atoms with Gasteiger partial charge in [-0.05, 0) is 23.8 Å². The van der Waals surface area contributed by atoms with Crippen LogP contribution in [-0.2, 0) is 4.79 Å². The molecule has 0 aliphatic heterocycles. The molecule has 0 unspecified atom stereocenters. The summed E-state index contributed by atoms with van der Waals surface area (Å²) in [5.74, 6) is 5.66. The number of hydrogen-bond donors (Lipinski definition) is 2. The van der Waals surface area contributed by atoms with Gasteiger partial charge in [0, 0.05) is 16.6 Å². The number of hydrogen-bond acceptors (Lipinski definition) is 7. The normalized spacial score (nSPS) is 10.7. The molecule has 0 saturated carbocycles. The molecule has 2 aromatic heterocycles. The number of nitrogens with two attached hydrogens (primary N) is 1. The number of nitriles is 1. The highest BCUT2D eigenvalue weighted by Crippen LogP contribution is 2.31. The van der Waals surface area contributed by atoms with E-state index in [9.17, 15) is 9.59 Å². The number of rotatable bonds is 5. The number of halogens is 1. The lowest BCUT2D eigenvalue weighted by molar-refractivity contribution is -0.113. The molecule has 0 aliphatic carbocycles. The third-order valence-electron chi connectivity index (χ3n) is 4.40. The van der Waals surface area contributed by atoms with Gasteiger partial charge in [0.05, 0.1) is 21.7 Å². The van der Waals surface area contributed by atoms with Gasteiger partial charge >= 0.3 is 0 Å². The van der Waals surface area contributed by atoms with Gasteiger partial charge in [0.15, 0.2) is 5.16 Å². The smallest absolute Gasteiger partial charge is 0.282 e. The Balaban J connectivity index is 1.53. The Bertz CT molecular complexity index is 1390. The van der Waals surface area contributed by atoms with E-state index in [1.54, 1.807) is 6.07 Å². The summed E-state index contributed by atoms with van der Waals surface area (Å²) < 4.78 is 0.970. The molecule has 0 atom stereocenters. The quantitative estimate of drug-likeness (QED) is 0.259. The van der Waals surface area contributed by atoms with Gasteiger partial charge in [-0.1, -0.05) is 53.7 Å². The standard InChI is InChI=1S/C21H14ClN5O2S2/c22-16-8-14(7-6-13(16)9-23)25-17(28)11-31-21-26-19-18(20(29)27(21)24)15(10-30-19)12-4-2-1-3-5-12/h1-8,10H,11,24H2,(H,25,28). The first kappa shape index (κ1) is 20.9. The van der Waals surface area contributed by atoms with Gasteiger partial charge in [-0.25, -0.2) is 9.66 Å². The van der Waals surface area contributed by atoms with Crippen molar-refractivity contribution in [2.75, 3.05) is 16.9 Å². The van der Waals surface area contributed by atoms with Crippen molar-refractivity contribution in [3.05, 3.63) is 74.9 Å². The topological polar surface area (TPSA) is 114 Å². The molecule has 4 aromatic rings. The van der Waals surface area contributed by atoms with Gasteiger partial charge in [-0.2, -0.15) is 5.26 Å². The molecule has 3 N–H and O–H groups in total. The van der Waals surface area contributed by atoms with Crippen LogP contribution in [-0.4, -0.2) is 21.3 Å². The van der Waals surface area contributed by atoms with Gasteiger partial charge in [0.25, 0.3) is 5.56 Å². The first-order valence-electron chi connectivity index (χ1n) is 8.95. The fourth-order valence-electron chi connectivity index (χ4n) is 2.93. The predicted octanol–water partition coefficient (Wildman–Crippen LogP) is 4.09. The molecule has 0 radical (unpaired) electrons. The Kier molecular flexibility index (Phi) is 5.95. The van der Waals surface area contributed by atoms with E-state index in [-0.39, 0.29) is 27.4 Å². The number of amides is 1. The second kappa shape index (κ2) is 8.81. The van der Waals surface area contributed by atoms with Gasteiger partial charge in [0.1, 0.15) is 10.9 Å². The number of carbonyl (C=O) groups is 1. The summed E-state index contributed by atoms with van der Waals surface area (Å²) in [6, 6.07) is 16.1. The van der Waals surface area contributed by atoms with Gasteiger partial charge in [-0.3, -0.25) is 9.59 Å². The molecular weight excluding hydrogens is 454 g/mol. The van der Waals surface area contributed by atoms with Crippen molar-refractivity contribution >= 4 is 56.5 Å². The minimum atomic E-state index is -0.369. The van der Waals surface area contributed by atoms with E-state index in [4.69, 9.17) is 22.7 Å². The summed E-state index contributed by atoms with van der Waals surface area (Å²) >= 11 is 8.39. The van der Waals surface area contributed by atoms with Crippen molar-refractivity contribution in [1.29, 1.82) is 5.26 Å². The Morgan fingerprint density at radius 1 is 1.29 bits per heavy atom. The maximum Gasteiger partial charge on any atom is 0.282 e. The van der Waals surface area contributed by atoms with Crippen LogP contribution in [0.15, 0.2) is 63.9 Å². The van der Waals surface area contributed by atoms with Gasteiger partial charge < -0.3 is 11.2 Å². The zero-order valence-corrected chi connectivity index (χ0v) is 18.2. The van der Waals surface area contributed by atoms with E-state index in [1.165, 1.54) is 23.5 Å². The third kappa shape index (κ3) is 4.27. The molecule has 4 rings (SSSR count). The summed E-state index contributed by atoms with van der Waals surface area (Å²) in [7, 11) is 0. The molecule has 7 nitrogen and oxygen atoms in total. The van der Waals surface area contributed by atoms with Crippen LogP contribution in [0.3, 0.4) is 0 Å². The molecule has 0 spiro atoms. The van der Waals surface area contributed by atoms with Crippen molar-refractivity contribution in [2.24, 2.45) is 0 Å². The van der Waals surface area contributed by atoms with E-state index in [2.05, 4.69) is 10.3 Å². The van der Waals surface area contributed by atoms with Gasteiger partial charge in [-0.15, -0.1) is 11.3 Å². The van der Waals surface area contributed by atoms with Crippen LogP contribution in [0.25, 0.3) is 21.3 Å². The number of nitrogen functional groups attached to an aromatic ring is 1. The van der Waals surface area contributed by atoms with Crippen LogP contribution < -0.4 is 16.7 Å². The highest BCUT2D eigenvalue weighted by atomic mass is 35.5. The van der Waals surface area contributed by atoms with Crippen molar-refractivity contribution in [2.45, 2.75) is 5.16 Å². The van der Waals surface area contributed by atoms with E-state index in [0.717, 1.165) is 27.6 Å². The second-order valence-corrected chi connectivity index (χ2v) is 8.62. The van der Waals surface area contributed by atoms with Gasteiger partial charge in [0.2, 0.25) is 5.91 Å². The molecule has 0 bridgehead atoms. The van der Waals surface area contributed by atoms with Crippen molar-refractivity contribution in [3.8, 4) is 17.2 Å². The molecule has 31 heavy (non-hydrogen) atoms. The fraction of sp³-hybridized carbons (Fsp3) is 0.0476. The monoisotopic (exact) mass is 467 g/mol. The SMILES string of the molecule is N#Cc1ccc(NC(=O)CSc2nc3scc(-c4ccccc4)c3c(=O)n2N)cc1Cl. The molecule has 10 heteroatoms. The van der Waals surface area contributed by atoms with Crippen molar-refractivity contribution in [3.63, 3.8) is 0 Å². The summed E-state index contributed by atoms with van der Waals surface area (Å²) in [5, 5.41) is 14.4. The minimum Gasteiger partial charge on any atom is -0.334 e. The zero-order valence-electron chi connectivity index (χ0n) is 15.8. The number of thioether (sulfide) groups is 1. The molecule has 2 heterocycles. The molecule has 2 aromatic carbocycles. The van der Waals surface area contributed by atoms with Crippen LogP contribution in [0.5, 0.6) is 0 Å². The van der Waals surface area contributed by atoms with Crippen LogP contribution in [0.1, 0.15) is 5.56 Å².